The van der Waals surface area contributed by atoms with E-state index < -0.39 is 5.97 Å². The molecule has 0 bridgehead atoms. The molecule has 1 amide bonds. The Morgan fingerprint density at radius 3 is 2.54 bits per heavy atom. The number of esters is 1. The topological polar surface area (TPSA) is 59.0 Å². The van der Waals surface area contributed by atoms with Crippen LogP contribution in [0.1, 0.15) is 15.9 Å². The molecule has 7 heteroatoms. The number of aliphatic imine (C=N–C) groups is 1. The summed E-state index contributed by atoms with van der Waals surface area (Å²) in [5.41, 5.74) is 1.86. The number of amidine groups is 1. The zero-order valence-corrected chi connectivity index (χ0v) is 15.7. The van der Waals surface area contributed by atoms with Crippen LogP contribution in [0.25, 0.3) is 6.08 Å². The Bertz CT molecular complexity index is 923. The third kappa shape index (κ3) is 3.81. The molecule has 1 saturated heterocycles. The quantitative estimate of drug-likeness (QED) is 0.581. The van der Waals surface area contributed by atoms with Gasteiger partial charge >= 0.3 is 5.97 Å². The number of carbonyl (C=O) groups excluding carboxylic acids is 2. The molecule has 0 radical (unpaired) electrons. The summed E-state index contributed by atoms with van der Waals surface area (Å²) in [5.74, 6) is -0.545. The molecular formula is C19H15ClN2O3S. The molecule has 0 atom stereocenters. The molecule has 132 valence electrons. The second-order valence-electron chi connectivity index (χ2n) is 5.43. The van der Waals surface area contributed by atoms with Crippen molar-refractivity contribution in [2.75, 3.05) is 14.2 Å². The maximum absolute atomic E-state index is 12.5. The fourth-order valence-electron chi connectivity index (χ4n) is 2.29. The number of amides is 1. The maximum atomic E-state index is 12.5. The van der Waals surface area contributed by atoms with Gasteiger partial charge in [0.05, 0.1) is 23.3 Å². The van der Waals surface area contributed by atoms with E-state index in [9.17, 15) is 9.59 Å². The van der Waals surface area contributed by atoms with E-state index in [1.54, 1.807) is 43.5 Å². The van der Waals surface area contributed by atoms with E-state index in [1.165, 1.54) is 23.8 Å². The smallest absolute Gasteiger partial charge is 0.337 e. The summed E-state index contributed by atoms with van der Waals surface area (Å²) in [7, 11) is 3.00. The third-order valence-electron chi connectivity index (χ3n) is 3.71. The average Bonchev–Trinajstić information content (AvgIpc) is 2.91. The van der Waals surface area contributed by atoms with E-state index in [4.69, 9.17) is 11.6 Å². The van der Waals surface area contributed by atoms with Crippen LogP contribution in [0, 0.1) is 0 Å². The maximum Gasteiger partial charge on any atom is 0.337 e. The third-order valence-corrected chi connectivity index (χ3v) is 5.11. The molecule has 0 unspecified atom stereocenters. The first-order chi connectivity index (χ1) is 12.5. The molecule has 0 N–H and O–H groups in total. The van der Waals surface area contributed by atoms with Crippen molar-refractivity contribution in [1.29, 1.82) is 0 Å². The van der Waals surface area contributed by atoms with Gasteiger partial charge in [-0.05, 0) is 53.7 Å². The summed E-state index contributed by atoms with van der Waals surface area (Å²) >= 11 is 7.44. The number of ether oxygens (including phenoxy) is 1. The number of nitrogens with zero attached hydrogens (tertiary/aromatic N) is 2. The highest BCUT2D eigenvalue weighted by Gasteiger charge is 2.30. The number of halogens is 1. The van der Waals surface area contributed by atoms with E-state index in [-0.39, 0.29) is 5.91 Å². The molecule has 1 aliphatic heterocycles. The van der Waals surface area contributed by atoms with Crippen LogP contribution in [0.5, 0.6) is 0 Å². The van der Waals surface area contributed by atoms with E-state index in [0.29, 0.717) is 26.3 Å². The van der Waals surface area contributed by atoms with Crippen molar-refractivity contribution in [3.63, 3.8) is 0 Å². The van der Waals surface area contributed by atoms with Crippen LogP contribution >= 0.6 is 23.4 Å². The summed E-state index contributed by atoms with van der Waals surface area (Å²) < 4.78 is 4.67. The largest absolute Gasteiger partial charge is 0.465 e. The highest BCUT2D eigenvalue weighted by molar-refractivity contribution is 8.18. The zero-order chi connectivity index (χ0) is 18.7. The molecule has 3 rings (SSSR count). The SMILES string of the molecule is COC(=O)c1ccc(N=C2S/C(=C/c3ccccc3Cl)C(=O)N2C)cc1. The molecular weight excluding hydrogens is 372 g/mol. The van der Waals surface area contributed by atoms with Crippen molar-refractivity contribution >= 4 is 52.2 Å². The highest BCUT2D eigenvalue weighted by atomic mass is 35.5. The Morgan fingerprint density at radius 2 is 1.88 bits per heavy atom. The molecule has 5 nitrogen and oxygen atoms in total. The van der Waals surface area contributed by atoms with Crippen molar-refractivity contribution in [1.82, 2.24) is 4.90 Å². The summed E-state index contributed by atoms with van der Waals surface area (Å²) in [4.78, 5) is 30.5. The minimum Gasteiger partial charge on any atom is -0.465 e. The molecule has 2 aromatic rings. The Morgan fingerprint density at radius 1 is 1.19 bits per heavy atom. The lowest BCUT2D eigenvalue weighted by atomic mass is 10.2. The summed E-state index contributed by atoms with van der Waals surface area (Å²) in [6.07, 6.45) is 1.76. The monoisotopic (exact) mass is 386 g/mol. The molecule has 0 saturated carbocycles. The normalized spacial score (nSPS) is 17.2. The lowest BCUT2D eigenvalue weighted by molar-refractivity contribution is -0.121. The van der Waals surface area contributed by atoms with Gasteiger partial charge in [0.25, 0.3) is 5.91 Å². The van der Waals surface area contributed by atoms with Gasteiger partial charge in [-0.1, -0.05) is 29.8 Å². The summed E-state index contributed by atoms with van der Waals surface area (Å²) in [6.45, 7) is 0. The number of benzene rings is 2. The predicted octanol–water partition coefficient (Wildman–Crippen LogP) is 4.36. The molecule has 0 aliphatic carbocycles. The van der Waals surface area contributed by atoms with Crippen LogP contribution in [-0.4, -0.2) is 36.1 Å². The first-order valence-corrected chi connectivity index (χ1v) is 8.88. The molecule has 1 heterocycles. The second kappa shape index (κ2) is 7.76. The van der Waals surface area contributed by atoms with Crippen molar-refractivity contribution in [3.05, 3.63) is 69.6 Å². The van der Waals surface area contributed by atoms with Gasteiger partial charge in [0.2, 0.25) is 0 Å². The number of hydrogen-bond donors (Lipinski definition) is 0. The molecule has 2 aromatic carbocycles. The van der Waals surface area contributed by atoms with Crippen molar-refractivity contribution in [2.45, 2.75) is 0 Å². The van der Waals surface area contributed by atoms with Gasteiger partial charge in [-0.15, -0.1) is 0 Å². The Kier molecular flexibility index (Phi) is 5.44. The van der Waals surface area contributed by atoms with E-state index in [1.807, 2.05) is 18.2 Å². The van der Waals surface area contributed by atoms with Crippen molar-refractivity contribution in [3.8, 4) is 0 Å². The van der Waals surface area contributed by atoms with Gasteiger partial charge < -0.3 is 4.74 Å². The first kappa shape index (κ1) is 18.2. The van der Waals surface area contributed by atoms with Crippen LogP contribution in [0.15, 0.2) is 58.4 Å². The number of hydrogen-bond acceptors (Lipinski definition) is 5. The van der Waals surface area contributed by atoms with Gasteiger partial charge in [0, 0.05) is 12.1 Å². The number of thioether (sulfide) groups is 1. The lowest BCUT2D eigenvalue weighted by Crippen LogP contribution is -2.23. The first-order valence-electron chi connectivity index (χ1n) is 7.69. The summed E-state index contributed by atoms with van der Waals surface area (Å²) in [5, 5.41) is 1.14. The van der Waals surface area contributed by atoms with Gasteiger partial charge in [0.1, 0.15) is 0 Å². The zero-order valence-electron chi connectivity index (χ0n) is 14.1. The van der Waals surface area contributed by atoms with Crippen LogP contribution < -0.4 is 0 Å². The standard InChI is InChI=1S/C19H15ClN2O3S/c1-22-17(23)16(11-13-5-3-4-6-15(13)20)26-19(22)21-14-9-7-12(8-10-14)18(24)25-2/h3-11H,1-2H3/b16-11+,21-19?. The predicted molar refractivity (Wildman–Crippen MR) is 105 cm³/mol. The molecule has 0 aromatic heterocycles. The molecule has 1 aliphatic rings. The van der Waals surface area contributed by atoms with Crippen molar-refractivity contribution < 1.29 is 14.3 Å². The van der Waals surface area contributed by atoms with E-state index in [2.05, 4.69) is 9.73 Å². The number of carbonyl (C=O) groups is 2. The van der Waals surface area contributed by atoms with Gasteiger partial charge in [-0.3, -0.25) is 9.69 Å². The number of likely N-dealkylation sites (N-methyl/N-ethyl adjacent to an activating group) is 1. The molecule has 26 heavy (non-hydrogen) atoms. The van der Waals surface area contributed by atoms with E-state index in [0.717, 1.165) is 5.56 Å². The van der Waals surface area contributed by atoms with Crippen LogP contribution in [0.3, 0.4) is 0 Å². The second-order valence-corrected chi connectivity index (χ2v) is 6.85. The van der Waals surface area contributed by atoms with Crippen LogP contribution in [0.4, 0.5) is 5.69 Å². The fourth-order valence-corrected chi connectivity index (χ4v) is 3.45. The Hall–Kier alpha value is -2.57. The van der Waals surface area contributed by atoms with Crippen LogP contribution in [0.2, 0.25) is 5.02 Å². The lowest BCUT2D eigenvalue weighted by Gasteiger charge is -2.07. The Labute approximate surface area is 160 Å². The molecule has 1 fully saturated rings. The summed E-state index contributed by atoms with van der Waals surface area (Å²) in [6, 6.07) is 14.0. The number of methoxy groups -OCH3 is 1. The fraction of sp³-hybridized carbons (Fsp3) is 0.105. The highest BCUT2D eigenvalue weighted by Crippen LogP contribution is 2.34. The minimum atomic E-state index is -0.406. The average molecular weight is 387 g/mol. The molecule has 0 spiro atoms. The Balaban J connectivity index is 1.85. The van der Waals surface area contributed by atoms with Gasteiger partial charge in [-0.2, -0.15) is 0 Å². The van der Waals surface area contributed by atoms with Gasteiger partial charge in [-0.25, -0.2) is 9.79 Å². The van der Waals surface area contributed by atoms with Crippen LogP contribution in [-0.2, 0) is 9.53 Å². The van der Waals surface area contributed by atoms with Gasteiger partial charge in [0.15, 0.2) is 5.17 Å². The minimum absolute atomic E-state index is 0.139. The number of rotatable bonds is 3. The van der Waals surface area contributed by atoms with E-state index >= 15 is 0 Å². The van der Waals surface area contributed by atoms with Crippen molar-refractivity contribution in [2.24, 2.45) is 4.99 Å².